The van der Waals surface area contributed by atoms with Gasteiger partial charge in [-0.25, -0.2) is 4.98 Å². The largest absolute Gasteiger partial charge is 0.365 e. The Hall–Kier alpha value is -1.98. The number of carbonyl (C=O) groups excluding carboxylic acids is 2. The highest BCUT2D eigenvalue weighted by atomic mass is 16.1. The van der Waals surface area contributed by atoms with Crippen LogP contribution in [0.5, 0.6) is 0 Å². The minimum Gasteiger partial charge on any atom is -0.365 e. The molecule has 110 valence electrons. The zero-order valence-electron chi connectivity index (χ0n) is 12.2. The van der Waals surface area contributed by atoms with Gasteiger partial charge in [-0.3, -0.25) is 9.59 Å². The number of Topliss-reactive ketones (excluding diaryl/α,β-unsaturated/α-hetero) is 2. The van der Waals surface area contributed by atoms with E-state index in [4.69, 9.17) is 0 Å². The van der Waals surface area contributed by atoms with Crippen LogP contribution in [0.15, 0.2) is 17.2 Å². The number of hydrogen-bond donors (Lipinski definition) is 1. The van der Waals surface area contributed by atoms with Crippen LogP contribution < -0.4 is 10.9 Å². The average Bonchev–Trinajstić information content (AvgIpc) is 2.38. The summed E-state index contributed by atoms with van der Waals surface area (Å²) in [4.78, 5) is 38.6. The number of nitrogens with one attached hydrogen (secondary N) is 1. The third-order valence-electron chi connectivity index (χ3n) is 3.06. The van der Waals surface area contributed by atoms with Crippen molar-refractivity contribution in [3.05, 3.63) is 22.7 Å². The molecule has 20 heavy (non-hydrogen) atoms. The van der Waals surface area contributed by atoms with Gasteiger partial charge < -0.3 is 14.7 Å². The predicted octanol–water partition coefficient (Wildman–Crippen LogP) is 1.56. The zero-order valence-corrected chi connectivity index (χ0v) is 12.2. The molecule has 1 atom stereocenters. The van der Waals surface area contributed by atoms with E-state index in [2.05, 4.69) is 10.3 Å². The molecule has 0 saturated carbocycles. The fourth-order valence-electron chi connectivity index (χ4n) is 2.02. The van der Waals surface area contributed by atoms with Crippen LogP contribution in [-0.4, -0.2) is 27.7 Å². The van der Waals surface area contributed by atoms with E-state index < -0.39 is 6.04 Å². The molecule has 1 aromatic heterocycles. The molecule has 0 aromatic carbocycles. The first-order valence-corrected chi connectivity index (χ1v) is 6.78. The van der Waals surface area contributed by atoms with E-state index in [0.29, 0.717) is 25.8 Å². The monoisotopic (exact) mass is 279 g/mol. The lowest BCUT2D eigenvalue weighted by atomic mass is 10.1. The van der Waals surface area contributed by atoms with Crippen molar-refractivity contribution in [2.24, 2.45) is 0 Å². The Balaban J connectivity index is 2.82. The van der Waals surface area contributed by atoms with Gasteiger partial charge in [-0.1, -0.05) is 6.92 Å². The smallest absolute Gasteiger partial charge is 0.293 e. The normalized spacial score (nSPS) is 11.9. The van der Waals surface area contributed by atoms with Crippen LogP contribution in [0.4, 0.5) is 5.82 Å². The second-order valence-corrected chi connectivity index (χ2v) is 4.76. The molecule has 1 rings (SSSR count). The van der Waals surface area contributed by atoms with E-state index in [0.717, 1.165) is 0 Å². The SMILES string of the molecule is CCC(C(C)=O)n1ccnc(NCCCC(C)=O)c1=O. The van der Waals surface area contributed by atoms with Gasteiger partial charge in [0.25, 0.3) is 5.56 Å². The van der Waals surface area contributed by atoms with Crippen molar-refractivity contribution in [3.63, 3.8) is 0 Å². The number of aromatic nitrogens is 2. The average molecular weight is 279 g/mol. The Bertz CT molecular complexity index is 537. The standard InChI is InChI=1S/C14H21N3O3/c1-4-12(11(3)19)17-9-8-16-13(14(17)20)15-7-5-6-10(2)18/h8-9,12H,4-7H2,1-3H3,(H,15,16). The van der Waals surface area contributed by atoms with Gasteiger partial charge in [-0.05, 0) is 26.7 Å². The van der Waals surface area contributed by atoms with Crippen LogP contribution in [0.25, 0.3) is 0 Å². The van der Waals surface area contributed by atoms with E-state index >= 15 is 0 Å². The molecule has 0 amide bonds. The quantitative estimate of drug-likeness (QED) is 0.730. The lowest BCUT2D eigenvalue weighted by Crippen LogP contribution is -2.30. The molecule has 0 saturated heterocycles. The number of anilines is 1. The summed E-state index contributed by atoms with van der Waals surface area (Å²) in [5.41, 5.74) is -0.308. The molecule has 0 spiro atoms. The van der Waals surface area contributed by atoms with E-state index in [-0.39, 0.29) is 22.9 Å². The van der Waals surface area contributed by atoms with Crippen LogP contribution in [-0.2, 0) is 9.59 Å². The Morgan fingerprint density at radius 2 is 2.10 bits per heavy atom. The van der Waals surface area contributed by atoms with Crippen LogP contribution in [0.1, 0.15) is 46.1 Å². The minimum atomic E-state index is -0.455. The Kier molecular flexibility index (Phi) is 6.09. The lowest BCUT2D eigenvalue weighted by Gasteiger charge is -2.15. The summed E-state index contributed by atoms with van der Waals surface area (Å²) < 4.78 is 1.41. The number of hydrogen-bond acceptors (Lipinski definition) is 5. The maximum Gasteiger partial charge on any atom is 0.293 e. The van der Waals surface area contributed by atoms with Gasteiger partial charge in [0.05, 0.1) is 6.04 Å². The van der Waals surface area contributed by atoms with E-state index in [1.807, 2.05) is 6.92 Å². The highest BCUT2D eigenvalue weighted by molar-refractivity contribution is 5.79. The summed E-state index contributed by atoms with van der Waals surface area (Å²) in [5.74, 6) is 0.284. The minimum absolute atomic E-state index is 0.0525. The Morgan fingerprint density at radius 1 is 1.40 bits per heavy atom. The second-order valence-electron chi connectivity index (χ2n) is 4.76. The molecule has 1 heterocycles. The van der Waals surface area contributed by atoms with Crippen LogP contribution in [0.2, 0.25) is 0 Å². The van der Waals surface area contributed by atoms with Crippen molar-refractivity contribution < 1.29 is 9.59 Å². The molecule has 0 aliphatic heterocycles. The number of nitrogens with zero attached hydrogens (tertiary/aromatic N) is 2. The van der Waals surface area contributed by atoms with Gasteiger partial charge in [-0.15, -0.1) is 0 Å². The molecule has 6 nitrogen and oxygen atoms in total. The first kappa shape index (κ1) is 16.1. The van der Waals surface area contributed by atoms with Crippen LogP contribution >= 0.6 is 0 Å². The zero-order chi connectivity index (χ0) is 15.1. The predicted molar refractivity (Wildman–Crippen MR) is 76.9 cm³/mol. The highest BCUT2D eigenvalue weighted by Gasteiger charge is 2.16. The molecule has 1 N–H and O–H groups in total. The lowest BCUT2D eigenvalue weighted by molar-refractivity contribution is -0.120. The van der Waals surface area contributed by atoms with Gasteiger partial charge in [-0.2, -0.15) is 0 Å². The van der Waals surface area contributed by atoms with Gasteiger partial charge in [0, 0.05) is 25.4 Å². The number of ketones is 2. The summed E-state index contributed by atoms with van der Waals surface area (Å²) >= 11 is 0. The molecular weight excluding hydrogens is 258 g/mol. The van der Waals surface area contributed by atoms with Crippen molar-refractivity contribution in [1.29, 1.82) is 0 Å². The second kappa shape index (κ2) is 7.57. The van der Waals surface area contributed by atoms with Gasteiger partial charge in [0.1, 0.15) is 5.78 Å². The van der Waals surface area contributed by atoms with Gasteiger partial charge >= 0.3 is 0 Å². The summed E-state index contributed by atoms with van der Waals surface area (Å²) in [7, 11) is 0. The molecule has 0 radical (unpaired) electrons. The molecule has 0 fully saturated rings. The molecule has 0 aliphatic rings. The summed E-state index contributed by atoms with van der Waals surface area (Å²) in [6, 6.07) is -0.455. The topological polar surface area (TPSA) is 81.1 Å². The molecular formula is C14H21N3O3. The molecule has 1 aromatic rings. The highest BCUT2D eigenvalue weighted by Crippen LogP contribution is 2.10. The fourth-order valence-corrected chi connectivity index (χ4v) is 2.02. The van der Waals surface area contributed by atoms with Crippen molar-refractivity contribution in [1.82, 2.24) is 9.55 Å². The molecule has 0 bridgehead atoms. The summed E-state index contributed by atoms with van der Waals surface area (Å²) in [6.07, 6.45) is 4.70. The van der Waals surface area contributed by atoms with E-state index in [9.17, 15) is 14.4 Å². The number of rotatable bonds is 8. The molecule has 1 unspecified atom stereocenters. The maximum absolute atomic E-state index is 12.2. The van der Waals surface area contributed by atoms with E-state index in [1.165, 1.54) is 30.8 Å². The third kappa shape index (κ3) is 4.29. The van der Waals surface area contributed by atoms with Crippen molar-refractivity contribution in [2.75, 3.05) is 11.9 Å². The Labute approximate surface area is 118 Å². The third-order valence-corrected chi connectivity index (χ3v) is 3.06. The fraction of sp³-hybridized carbons (Fsp3) is 0.571. The van der Waals surface area contributed by atoms with Gasteiger partial charge in [0.2, 0.25) is 0 Å². The summed E-state index contributed by atoms with van der Waals surface area (Å²) in [6.45, 7) is 5.37. The molecule has 0 aliphatic carbocycles. The maximum atomic E-state index is 12.2. The van der Waals surface area contributed by atoms with Gasteiger partial charge in [0.15, 0.2) is 11.6 Å². The van der Waals surface area contributed by atoms with Crippen LogP contribution in [0.3, 0.4) is 0 Å². The number of carbonyl (C=O) groups is 2. The first-order chi connectivity index (χ1) is 9.47. The van der Waals surface area contributed by atoms with Crippen molar-refractivity contribution in [2.45, 2.75) is 46.1 Å². The summed E-state index contributed by atoms with van der Waals surface area (Å²) in [5, 5.41) is 2.92. The Morgan fingerprint density at radius 3 is 2.65 bits per heavy atom. The van der Waals surface area contributed by atoms with Crippen molar-refractivity contribution in [3.8, 4) is 0 Å². The molecule has 6 heteroatoms. The van der Waals surface area contributed by atoms with Crippen molar-refractivity contribution >= 4 is 17.4 Å². The van der Waals surface area contributed by atoms with E-state index in [1.54, 1.807) is 0 Å². The van der Waals surface area contributed by atoms with Crippen LogP contribution in [0, 0.1) is 0 Å². The first-order valence-electron chi connectivity index (χ1n) is 6.78.